The SMILES string of the molecule is CCC1(C)NC(=O)CN(c2c(F)cc(F)cc2Br)C1=O. The molecule has 4 nitrogen and oxygen atoms in total. The van der Waals surface area contributed by atoms with Crippen molar-refractivity contribution in [2.45, 2.75) is 25.8 Å². The van der Waals surface area contributed by atoms with Crippen molar-refractivity contribution >= 4 is 33.4 Å². The first-order valence-electron chi connectivity index (χ1n) is 6.06. The summed E-state index contributed by atoms with van der Waals surface area (Å²) in [5, 5.41) is 2.60. The molecular weight excluding hydrogens is 334 g/mol. The number of nitrogens with one attached hydrogen (secondary N) is 1. The minimum atomic E-state index is -1.09. The Kier molecular flexibility index (Phi) is 3.82. The molecule has 2 rings (SSSR count). The van der Waals surface area contributed by atoms with Gasteiger partial charge in [0.1, 0.15) is 17.9 Å². The lowest BCUT2D eigenvalue weighted by Gasteiger charge is -2.39. The molecule has 1 aromatic carbocycles. The second-order valence-electron chi connectivity index (χ2n) is 4.84. The molecule has 2 amide bonds. The molecule has 7 heteroatoms. The van der Waals surface area contributed by atoms with Gasteiger partial charge in [-0.05, 0) is 35.3 Å². The van der Waals surface area contributed by atoms with Crippen molar-refractivity contribution in [3.63, 3.8) is 0 Å². The molecule has 20 heavy (non-hydrogen) atoms. The Balaban J connectivity index is 2.52. The monoisotopic (exact) mass is 346 g/mol. The molecule has 1 N–H and O–H groups in total. The van der Waals surface area contributed by atoms with Gasteiger partial charge in [-0.1, -0.05) is 6.92 Å². The third-order valence-corrected chi connectivity index (χ3v) is 4.00. The van der Waals surface area contributed by atoms with Crippen LogP contribution in [-0.2, 0) is 9.59 Å². The van der Waals surface area contributed by atoms with Crippen LogP contribution in [0.3, 0.4) is 0 Å². The summed E-state index contributed by atoms with van der Waals surface area (Å²) in [6.45, 7) is 3.03. The van der Waals surface area contributed by atoms with Crippen molar-refractivity contribution in [3.8, 4) is 0 Å². The molecule has 1 atom stereocenters. The summed E-state index contributed by atoms with van der Waals surface area (Å²) in [4.78, 5) is 25.2. The van der Waals surface area contributed by atoms with E-state index in [1.165, 1.54) is 0 Å². The number of nitrogens with zero attached hydrogens (tertiary/aromatic N) is 1. The van der Waals surface area contributed by atoms with Crippen molar-refractivity contribution < 1.29 is 18.4 Å². The average molecular weight is 347 g/mol. The number of benzene rings is 1. The Morgan fingerprint density at radius 3 is 2.60 bits per heavy atom. The Labute approximate surface area is 123 Å². The zero-order valence-corrected chi connectivity index (χ0v) is 12.6. The van der Waals surface area contributed by atoms with Gasteiger partial charge in [0.2, 0.25) is 5.91 Å². The van der Waals surface area contributed by atoms with E-state index in [-0.39, 0.29) is 22.6 Å². The first kappa shape index (κ1) is 14.9. The Bertz CT molecular complexity index is 571. The number of amides is 2. The van der Waals surface area contributed by atoms with E-state index in [0.717, 1.165) is 11.0 Å². The molecule has 0 aliphatic carbocycles. The summed E-state index contributed by atoms with van der Waals surface area (Å²) in [5.41, 5.74) is -1.21. The molecule has 0 radical (unpaired) electrons. The highest BCUT2D eigenvalue weighted by atomic mass is 79.9. The summed E-state index contributed by atoms with van der Waals surface area (Å²) in [6.07, 6.45) is 0.370. The molecule has 1 saturated heterocycles. The lowest BCUT2D eigenvalue weighted by atomic mass is 9.94. The van der Waals surface area contributed by atoms with Crippen molar-refractivity contribution in [3.05, 3.63) is 28.2 Å². The van der Waals surface area contributed by atoms with E-state index in [1.807, 2.05) is 0 Å². The minimum absolute atomic E-state index is 0.0940. The third-order valence-electron chi connectivity index (χ3n) is 3.39. The number of piperazine rings is 1. The highest BCUT2D eigenvalue weighted by molar-refractivity contribution is 9.10. The number of carbonyl (C=O) groups excluding carboxylic acids is 2. The molecule has 1 aliphatic heterocycles. The molecule has 1 heterocycles. The van der Waals surface area contributed by atoms with Gasteiger partial charge in [0, 0.05) is 10.5 Å². The maximum Gasteiger partial charge on any atom is 0.253 e. The number of anilines is 1. The van der Waals surface area contributed by atoms with E-state index in [1.54, 1.807) is 13.8 Å². The fourth-order valence-corrected chi connectivity index (χ4v) is 2.75. The van der Waals surface area contributed by atoms with Crippen LogP contribution in [0.25, 0.3) is 0 Å². The van der Waals surface area contributed by atoms with Crippen molar-refractivity contribution in [1.82, 2.24) is 5.32 Å². The first-order valence-corrected chi connectivity index (χ1v) is 6.85. The van der Waals surface area contributed by atoms with E-state index < -0.39 is 23.1 Å². The zero-order chi connectivity index (χ0) is 15.1. The minimum Gasteiger partial charge on any atom is -0.340 e. The van der Waals surface area contributed by atoms with Crippen LogP contribution < -0.4 is 10.2 Å². The van der Waals surface area contributed by atoms with Crippen molar-refractivity contribution in [2.24, 2.45) is 0 Å². The molecule has 108 valence electrons. The van der Waals surface area contributed by atoms with Crippen molar-refractivity contribution in [1.29, 1.82) is 0 Å². The van der Waals surface area contributed by atoms with Gasteiger partial charge in [0.05, 0.1) is 5.69 Å². The van der Waals surface area contributed by atoms with Crippen LogP contribution in [0.1, 0.15) is 20.3 Å². The van der Waals surface area contributed by atoms with Gasteiger partial charge in [0.15, 0.2) is 5.82 Å². The van der Waals surface area contributed by atoms with Gasteiger partial charge in [0.25, 0.3) is 5.91 Å². The van der Waals surface area contributed by atoms with Gasteiger partial charge in [-0.25, -0.2) is 8.78 Å². The second-order valence-corrected chi connectivity index (χ2v) is 5.70. The maximum absolute atomic E-state index is 14.0. The number of carbonyl (C=O) groups is 2. The third kappa shape index (κ3) is 2.42. The molecule has 1 unspecified atom stereocenters. The molecule has 1 aliphatic rings. The molecule has 0 spiro atoms. The quantitative estimate of drug-likeness (QED) is 0.893. The molecule has 0 saturated carbocycles. The summed E-state index contributed by atoms with van der Waals surface area (Å²) in [6, 6.07) is 1.74. The average Bonchev–Trinajstić information content (AvgIpc) is 2.34. The Morgan fingerprint density at radius 2 is 2.05 bits per heavy atom. The van der Waals surface area contributed by atoms with Crippen LogP contribution in [-0.4, -0.2) is 23.9 Å². The van der Waals surface area contributed by atoms with E-state index in [0.29, 0.717) is 12.5 Å². The lowest BCUT2D eigenvalue weighted by molar-refractivity contribution is -0.135. The van der Waals surface area contributed by atoms with E-state index in [9.17, 15) is 18.4 Å². The Hall–Kier alpha value is -1.50. The molecular formula is C13H13BrF2N2O2. The number of hydrogen-bond donors (Lipinski definition) is 1. The molecule has 0 aromatic heterocycles. The smallest absolute Gasteiger partial charge is 0.253 e. The normalized spacial score (nSPS) is 22.9. The number of hydrogen-bond acceptors (Lipinski definition) is 2. The highest BCUT2D eigenvalue weighted by Crippen LogP contribution is 2.33. The standard InChI is InChI=1S/C13H13BrF2N2O2/c1-3-13(2)12(20)18(6-10(19)17-13)11-8(14)4-7(15)5-9(11)16/h4-5H,3,6H2,1-2H3,(H,17,19). The molecule has 1 aromatic rings. The molecule has 0 bridgehead atoms. The second kappa shape index (κ2) is 5.12. The topological polar surface area (TPSA) is 49.4 Å². The zero-order valence-electron chi connectivity index (χ0n) is 11.0. The number of halogens is 3. The van der Waals surface area contributed by atoms with Gasteiger partial charge in [-0.2, -0.15) is 0 Å². The fraction of sp³-hybridized carbons (Fsp3) is 0.385. The molecule has 1 fully saturated rings. The van der Waals surface area contributed by atoms with Gasteiger partial charge in [-0.3, -0.25) is 14.5 Å². The summed E-state index contributed by atoms with van der Waals surface area (Å²) < 4.78 is 27.2. The largest absolute Gasteiger partial charge is 0.340 e. The van der Waals surface area contributed by atoms with Crippen LogP contribution >= 0.6 is 15.9 Å². The van der Waals surface area contributed by atoms with Crippen LogP contribution in [0, 0.1) is 11.6 Å². The Morgan fingerprint density at radius 1 is 1.40 bits per heavy atom. The predicted molar refractivity (Wildman–Crippen MR) is 73.2 cm³/mol. The van der Waals surface area contributed by atoms with E-state index in [4.69, 9.17) is 0 Å². The summed E-state index contributed by atoms with van der Waals surface area (Å²) >= 11 is 3.03. The number of rotatable bonds is 2. The lowest BCUT2D eigenvalue weighted by Crippen LogP contribution is -2.65. The summed E-state index contributed by atoms with van der Waals surface area (Å²) in [7, 11) is 0. The van der Waals surface area contributed by atoms with E-state index in [2.05, 4.69) is 21.2 Å². The first-order chi connectivity index (χ1) is 9.28. The highest BCUT2D eigenvalue weighted by Gasteiger charge is 2.43. The van der Waals surface area contributed by atoms with E-state index >= 15 is 0 Å². The fourth-order valence-electron chi connectivity index (χ4n) is 2.13. The van der Waals surface area contributed by atoms with Crippen LogP contribution in [0.4, 0.5) is 14.5 Å². The van der Waals surface area contributed by atoms with Crippen LogP contribution in [0.15, 0.2) is 16.6 Å². The van der Waals surface area contributed by atoms with Crippen LogP contribution in [0.2, 0.25) is 0 Å². The summed E-state index contributed by atoms with van der Waals surface area (Å²) in [5.74, 6) is -2.46. The van der Waals surface area contributed by atoms with Gasteiger partial charge >= 0.3 is 0 Å². The maximum atomic E-state index is 14.0. The van der Waals surface area contributed by atoms with Crippen LogP contribution in [0.5, 0.6) is 0 Å². The predicted octanol–water partition coefficient (Wildman–Crippen LogP) is 2.36. The van der Waals surface area contributed by atoms with Crippen molar-refractivity contribution in [2.75, 3.05) is 11.4 Å². The van der Waals surface area contributed by atoms with Gasteiger partial charge in [-0.15, -0.1) is 0 Å². The van der Waals surface area contributed by atoms with Gasteiger partial charge < -0.3 is 5.32 Å².